The summed E-state index contributed by atoms with van der Waals surface area (Å²) in [7, 11) is 0. The lowest BCUT2D eigenvalue weighted by Gasteiger charge is -2.16. The third-order valence-electron chi connectivity index (χ3n) is 2.96. The van der Waals surface area contributed by atoms with Crippen LogP contribution in [-0.2, 0) is 0 Å². The minimum absolute atomic E-state index is 0.830. The first-order chi connectivity index (χ1) is 9.79. The molecule has 0 aromatic heterocycles. The number of para-hydroxylation sites is 2. The Morgan fingerprint density at radius 2 is 2.00 bits per heavy atom. The van der Waals surface area contributed by atoms with E-state index in [4.69, 9.17) is 0 Å². The van der Waals surface area contributed by atoms with Crippen molar-refractivity contribution in [2.24, 2.45) is 0 Å². The van der Waals surface area contributed by atoms with Crippen molar-refractivity contribution in [3.8, 4) is 0 Å². The predicted molar refractivity (Wildman–Crippen MR) is 88.6 cm³/mol. The Morgan fingerprint density at radius 1 is 1.20 bits per heavy atom. The molecule has 2 nitrogen and oxygen atoms in total. The van der Waals surface area contributed by atoms with Crippen LogP contribution in [-0.4, -0.2) is 0 Å². The molecule has 102 valence electrons. The highest BCUT2D eigenvalue weighted by atomic mass is 15.0. The van der Waals surface area contributed by atoms with Crippen molar-refractivity contribution in [3.63, 3.8) is 0 Å². The number of hydrogen-bond donors (Lipinski definition) is 2. The molecule has 1 aliphatic rings. The molecule has 0 saturated carbocycles. The second-order valence-electron chi connectivity index (χ2n) is 4.57. The largest absolute Gasteiger partial charge is 0.357 e. The van der Waals surface area contributed by atoms with E-state index in [-0.39, 0.29) is 0 Å². The topological polar surface area (TPSA) is 24.1 Å². The summed E-state index contributed by atoms with van der Waals surface area (Å²) in [6.45, 7) is 7.63. The van der Waals surface area contributed by atoms with Crippen LogP contribution in [0.5, 0.6) is 0 Å². The highest BCUT2D eigenvalue weighted by Crippen LogP contribution is 2.25. The molecular weight excluding hydrogens is 244 g/mol. The number of benzene rings is 1. The molecule has 0 fully saturated rings. The van der Waals surface area contributed by atoms with Crippen molar-refractivity contribution < 1.29 is 0 Å². The maximum absolute atomic E-state index is 3.98. The maximum atomic E-state index is 3.98. The summed E-state index contributed by atoms with van der Waals surface area (Å²) in [4.78, 5) is 0. The van der Waals surface area contributed by atoms with Crippen LogP contribution in [0.4, 0.5) is 11.4 Å². The van der Waals surface area contributed by atoms with Crippen LogP contribution < -0.4 is 10.6 Å². The number of allylic oxidation sites excluding steroid dienone is 7. The molecule has 2 N–H and O–H groups in total. The number of hydrogen-bond acceptors (Lipinski definition) is 2. The van der Waals surface area contributed by atoms with E-state index in [0.29, 0.717) is 0 Å². The molecule has 0 heterocycles. The van der Waals surface area contributed by atoms with Crippen LogP contribution in [0.25, 0.3) is 0 Å². The Bertz CT molecular complexity index is 577. The summed E-state index contributed by atoms with van der Waals surface area (Å²) in [6.07, 6.45) is 14.0. The van der Waals surface area contributed by atoms with Gasteiger partial charge in [-0.15, -0.1) is 0 Å². The van der Waals surface area contributed by atoms with Gasteiger partial charge in [-0.05, 0) is 37.1 Å². The van der Waals surface area contributed by atoms with Gasteiger partial charge in [0, 0.05) is 11.4 Å². The van der Waals surface area contributed by atoms with Crippen LogP contribution >= 0.6 is 0 Å². The summed E-state index contributed by atoms with van der Waals surface area (Å²) in [5, 5.41) is 6.77. The molecule has 0 radical (unpaired) electrons. The highest BCUT2D eigenvalue weighted by molar-refractivity contribution is 5.72. The quantitative estimate of drug-likeness (QED) is 0.706. The summed E-state index contributed by atoms with van der Waals surface area (Å²) < 4.78 is 0. The van der Waals surface area contributed by atoms with Gasteiger partial charge >= 0.3 is 0 Å². The van der Waals surface area contributed by atoms with Crippen molar-refractivity contribution in [1.82, 2.24) is 0 Å². The molecule has 1 aliphatic carbocycles. The van der Waals surface area contributed by atoms with Crippen molar-refractivity contribution in [2.45, 2.75) is 12.8 Å². The Kier molecular flexibility index (Phi) is 5.01. The molecule has 0 aliphatic heterocycles. The fraction of sp³-hybridized carbons (Fsp3) is 0.111. The molecule has 20 heavy (non-hydrogen) atoms. The Hall–Kier alpha value is -2.48. The molecule has 0 atom stereocenters. The minimum atomic E-state index is 0.830. The van der Waals surface area contributed by atoms with E-state index in [1.54, 1.807) is 6.08 Å². The lowest BCUT2D eigenvalue weighted by Crippen LogP contribution is -2.05. The van der Waals surface area contributed by atoms with E-state index in [0.717, 1.165) is 29.9 Å². The smallest absolute Gasteiger partial charge is 0.0623 e. The molecule has 0 unspecified atom stereocenters. The maximum Gasteiger partial charge on any atom is 0.0623 e. The molecule has 2 rings (SSSR count). The van der Waals surface area contributed by atoms with Crippen LogP contribution in [0.3, 0.4) is 0 Å². The van der Waals surface area contributed by atoms with Gasteiger partial charge in [-0.2, -0.15) is 0 Å². The van der Waals surface area contributed by atoms with Crippen molar-refractivity contribution >= 4 is 11.4 Å². The summed E-state index contributed by atoms with van der Waals surface area (Å²) in [5.74, 6) is 0. The number of anilines is 2. The Balaban J connectivity index is 2.11. The van der Waals surface area contributed by atoms with E-state index in [9.17, 15) is 0 Å². The van der Waals surface area contributed by atoms with E-state index in [1.165, 1.54) is 5.70 Å². The molecular formula is C18H20N2. The second kappa shape index (κ2) is 7.19. The van der Waals surface area contributed by atoms with Crippen LogP contribution in [0.15, 0.2) is 85.3 Å². The number of nitrogens with one attached hydrogen (secondary N) is 2. The SMILES string of the molecule is C=C/C=C\C(=C)Nc1ccccc1NC1=CC=CCC1. The van der Waals surface area contributed by atoms with Gasteiger partial charge in [0.1, 0.15) is 0 Å². The zero-order valence-corrected chi connectivity index (χ0v) is 11.6. The second-order valence-corrected chi connectivity index (χ2v) is 4.57. The van der Waals surface area contributed by atoms with E-state index < -0.39 is 0 Å². The van der Waals surface area contributed by atoms with Crippen molar-refractivity contribution in [1.29, 1.82) is 0 Å². The van der Waals surface area contributed by atoms with Gasteiger partial charge in [-0.3, -0.25) is 0 Å². The average molecular weight is 264 g/mol. The Labute approximate surface area is 120 Å². The van der Waals surface area contributed by atoms with E-state index >= 15 is 0 Å². The highest BCUT2D eigenvalue weighted by Gasteiger charge is 2.04. The molecule has 1 aromatic carbocycles. The first-order valence-electron chi connectivity index (χ1n) is 6.76. The van der Waals surface area contributed by atoms with Crippen molar-refractivity contribution in [3.05, 3.63) is 85.3 Å². The Morgan fingerprint density at radius 3 is 2.70 bits per heavy atom. The van der Waals surface area contributed by atoms with Crippen LogP contribution in [0, 0.1) is 0 Å². The van der Waals surface area contributed by atoms with Gasteiger partial charge in [-0.1, -0.05) is 49.6 Å². The average Bonchev–Trinajstić information content (AvgIpc) is 2.48. The van der Waals surface area contributed by atoms with Gasteiger partial charge in [0.15, 0.2) is 0 Å². The molecule has 0 saturated heterocycles. The third kappa shape index (κ3) is 4.02. The molecule has 2 heteroatoms. The monoisotopic (exact) mass is 264 g/mol. The minimum Gasteiger partial charge on any atom is -0.357 e. The zero-order valence-electron chi connectivity index (χ0n) is 11.6. The summed E-state index contributed by atoms with van der Waals surface area (Å²) in [6, 6.07) is 8.13. The first kappa shape index (κ1) is 13.9. The van der Waals surface area contributed by atoms with E-state index in [2.05, 4.69) is 48.1 Å². The lowest BCUT2D eigenvalue weighted by atomic mass is 10.1. The first-order valence-corrected chi connectivity index (χ1v) is 6.76. The van der Waals surface area contributed by atoms with Crippen molar-refractivity contribution in [2.75, 3.05) is 10.6 Å². The number of rotatable bonds is 6. The van der Waals surface area contributed by atoms with E-state index in [1.807, 2.05) is 30.4 Å². The van der Waals surface area contributed by atoms with Gasteiger partial charge < -0.3 is 10.6 Å². The lowest BCUT2D eigenvalue weighted by molar-refractivity contribution is 0.967. The van der Waals surface area contributed by atoms with Gasteiger partial charge in [-0.25, -0.2) is 0 Å². The molecule has 0 bridgehead atoms. The van der Waals surface area contributed by atoms with Gasteiger partial charge in [0.2, 0.25) is 0 Å². The zero-order chi connectivity index (χ0) is 14.2. The van der Waals surface area contributed by atoms with Crippen LogP contribution in [0.1, 0.15) is 12.8 Å². The molecule has 1 aromatic rings. The molecule has 0 spiro atoms. The molecule has 0 amide bonds. The summed E-state index contributed by atoms with van der Waals surface area (Å²) in [5.41, 5.74) is 4.13. The van der Waals surface area contributed by atoms with Gasteiger partial charge in [0.25, 0.3) is 0 Å². The fourth-order valence-electron chi connectivity index (χ4n) is 1.98. The fourth-order valence-corrected chi connectivity index (χ4v) is 1.98. The summed E-state index contributed by atoms with van der Waals surface area (Å²) >= 11 is 0. The third-order valence-corrected chi connectivity index (χ3v) is 2.96. The normalized spacial score (nSPS) is 13.9. The van der Waals surface area contributed by atoms with Crippen LogP contribution in [0.2, 0.25) is 0 Å². The standard InChI is InChI=1S/C18H20N2/c1-3-4-10-15(2)19-17-13-8-9-14-18(17)20-16-11-6-5-7-12-16/h3-6,8-11,13-14,19-20H,1-2,7,12H2/b10-4-. The predicted octanol–water partition coefficient (Wildman–Crippen LogP) is 5.00. The van der Waals surface area contributed by atoms with Gasteiger partial charge in [0.05, 0.1) is 11.4 Å².